The smallest absolute Gasteiger partial charge is 0.259 e. The van der Waals surface area contributed by atoms with E-state index in [2.05, 4.69) is 9.97 Å². The molecule has 2 aromatic rings. The number of amides is 1. The van der Waals surface area contributed by atoms with Crippen molar-refractivity contribution in [2.24, 2.45) is 5.73 Å². The molecule has 128 valence electrons. The summed E-state index contributed by atoms with van der Waals surface area (Å²) in [6.07, 6.45) is 9.62. The number of H-pyrrole nitrogens is 1. The van der Waals surface area contributed by atoms with Gasteiger partial charge in [-0.05, 0) is 32.1 Å². The van der Waals surface area contributed by atoms with Crippen LogP contribution in [-0.4, -0.2) is 37.3 Å². The first kappa shape index (κ1) is 15.4. The van der Waals surface area contributed by atoms with Gasteiger partial charge in [-0.1, -0.05) is 12.8 Å². The van der Waals surface area contributed by atoms with Crippen molar-refractivity contribution in [1.29, 1.82) is 0 Å². The van der Waals surface area contributed by atoms with Crippen LogP contribution in [-0.2, 0) is 4.79 Å². The normalized spacial score (nSPS) is 23.7. The van der Waals surface area contributed by atoms with Crippen LogP contribution in [0.5, 0.6) is 0 Å². The van der Waals surface area contributed by atoms with E-state index in [-0.39, 0.29) is 17.5 Å². The van der Waals surface area contributed by atoms with Gasteiger partial charge < -0.3 is 15.6 Å². The van der Waals surface area contributed by atoms with E-state index < -0.39 is 5.54 Å². The highest BCUT2D eigenvalue weighted by Gasteiger charge is 2.42. The number of hydrogen-bond acceptors (Lipinski definition) is 4. The van der Waals surface area contributed by atoms with Crippen LogP contribution >= 0.6 is 0 Å². The third-order valence-electron chi connectivity index (χ3n) is 5.46. The molecule has 1 atom stereocenters. The number of piperidine rings is 1. The summed E-state index contributed by atoms with van der Waals surface area (Å²) in [5.41, 5.74) is 6.30. The second-order valence-electron chi connectivity index (χ2n) is 7.06. The van der Waals surface area contributed by atoms with Crippen LogP contribution in [0.1, 0.15) is 56.7 Å². The molecule has 1 aliphatic heterocycles. The molecular weight excluding hydrogens is 306 g/mol. The lowest BCUT2D eigenvalue weighted by Crippen LogP contribution is -2.55. The Bertz CT molecular complexity index is 818. The first-order valence-corrected chi connectivity index (χ1v) is 8.75. The Morgan fingerprint density at radius 2 is 2.08 bits per heavy atom. The number of fused-ring (bicyclic) bond motifs is 1. The molecule has 2 fully saturated rings. The average Bonchev–Trinajstić information content (AvgIpc) is 3.24. The Hall–Kier alpha value is -2.15. The molecule has 2 aliphatic rings. The molecule has 0 aromatic carbocycles. The topological polar surface area (TPSA) is 96.5 Å². The molecule has 7 heteroatoms. The molecule has 0 bridgehead atoms. The van der Waals surface area contributed by atoms with Crippen molar-refractivity contribution in [3.63, 3.8) is 0 Å². The fourth-order valence-corrected chi connectivity index (χ4v) is 4.12. The van der Waals surface area contributed by atoms with Crippen LogP contribution in [0, 0.1) is 0 Å². The number of rotatable bonds is 2. The number of carbonyl (C=O) groups excluding carboxylic acids is 1. The quantitative estimate of drug-likeness (QED) is 0.869. The van der Waals surface area contributed by atoms with Gasteiger partial charge in [0.05, 0.1) is 11.6 Å². The summed E-state index contributed by atoms with van der Waals surface area (Å²) in [6.45, 7) is 0.699. The number of nitrogens with one attached hydrogen (secondary N) is 1. The number of nitrogens with two attached hydrogens (primary N) is 1. The van der Waals surface area contributed by atoms with E-state index in [1.54, 1.807) is 18.5 Å². The number of hydrogen-bond donors (Lipinski definition) is 2. The molecule has 1 aliphatic carbocycles. The third-order valence-corrected chi connectivity index (χ3v) is 5.46. The standard InChI is InChI=1S/C17H23N5O2/c18-17(6-2-3-7-17)15(24)21-9-4-1-5-13(21)12-11-14(23)22-10-8-19-16(22)20-12/h8,10-11,13H,1-7,9,18H2,(H,19,20)/t13-/m1/s1. The maximum Gasteiger partial charge on any atom is 0.259 e. The molecule has 3 N–H and O–H groups in total. The number of imidazole rings is 1. The number of likely N-dealkylation sites (tertiary alicyclic amines) is 1. The van der Waals surface area contributed by atoms with Gasteiger partial charge in [0.1, 0.15) is 0 Å². The van der Waals surface area contributed by atoms with Gasteiger partial charge in [0.25, 0.3) is 5.56 Å². The molecule has 0 radical (unpaired) electrons. The molecule has 2 aromatic heterocycles. The fourth-order valence-electron chi connectivity index (χ4n) is 4.12. The Morgan fingerprint density at radius 3 is 2.88 bits per heavy atom. The Balaban J connectivity index is 1.70. The second kappa shape index (κ2) is 5.73. The minimum absolute atomic E-state index is 0.0359. The molecular formula is C17H23N5O2. The zero-order valence-electron chi connectivity index (χ0n) is 13.7. The van der Waals surface area contributed by atoms with Gasteiger partial charge in [-0.25, -0.2) is 4.98 Å². The van der Waals surface area contributed by atoms with Gasteiger partial charge in [0.2, 0.25) is 11.7 Å². The lowest BCUT2D eigenvalue weighted by Gasteiger charge is -2.40. The SMILES string of the molecule is NC1(C(=O)N2CCCC[C@@H]2c2cc(=O)n3ccnc3[nH]2)CCCC1. The highest BCUT2D eigenvalue weighted by Crippen LogP contribution is 2.35. The molecule has 1 amide bonds. The number of aromatic nitrogens is 3. The van der Waals surface area contributed by atoms with Crippen molar-refractivity contribution in [1.82, 2.24) is 19.3 Å². The molecule has 3 heterocycles. The molecule has 0 unspecified atom stereocenters. The molecule has 1 saturated carbocycles. The highest BCUT2D eigenvalue weighted by atomic mass is 16.2. The summed E-state index contributed by atoms with van der Waals surface area (Å²) in [6, 6.07) is 1.46. The third kappa shape index (κ3) is 2.43. The zero-order chi connectivity index (χ0) is 16.7. The Kier molecular flexibility index (Phi) is 3.68. The van der Waals surface area contributed by atoms with Crippen LogP contribution in [0.25, 0.3) is 5.78 Å². The molecule has 4 rings (SSSR count). The van der Waals surface area contributed by atoms with Gasteiger partial charge in [-0.3, -0.25) is 14.0 Å². The predicted octanol–water partition coefficient (Wildman–Crippen LogP) is 1.35. The summed E-state index contributed by atoms with van der Waals surface area (Å²) in [5.74, 6) is 0.549. The van der Waals surface area contributed by atoms with Crippen LogP contribution < -0.4 is 11.3 Å². The largest absolute Gasteiger partial charge is 0.333 e. The maximum atomic E-state index is 13.1. The second-order valence-corrected chi connectivity index (χ2v) is 7.06. The monoisotopic (exact) mass is 329 g/mol. The van der Waals surface area contributed by atoms with Gasteiger partial charge in [-0.2, -0.15) is 0 Å². The summed E-state index contributed by atoms with van der Waals surface area (Å²) >= 11 is 0. The van der Waals surface area contributed by atoms with Crippen molar-refractivity contribution < 1.29 is 4.79 Å². The summed E-state index contributed by atoms with van der Waals surface area (Å²) < 4.78 is 1.47. The highest BCUT2D eigenvalue weighted by molar-refractivity contribution is 5.87. The van der Waals surface area contributed by atoms with E-state index in [4.69, 9.17) is 5.73 Å². The molecule has 24 heavy (non-hydrogen) atoms. The van der Waals surface area contributed by atoms with Crippen molar-refractivity contribution in [2.45, 2.75) is 56.5 Å². The number of aromatic amines is 1. The number of nitrogens with zero attached hydrogens (tertiary/aromatic N) is 3. The van der Waals surface area contributed by atoms with E-state index in [1.165, 1.54) is 4.40 Å². The fraction of sp³-hybridized carbons (Fsp3) is 0.588. The van der Waals surface area contributed by atoms with E-state index >= 15 is 0 Å². The van der Waals surface area contributed by atoms with Gasteiger partial charge >= 0.3 is 0 Å². The van der Waals surface area contributed by atoms with Gasteiger partial charge in [0, 0.05) is 30.7 Å². The first-order valence-electron chi connectivity index (χ1n) is 8.75. The first-order chi connectivity index (χ1) is 11.6. The van der Waals surface area contributed by atoms with Crippen LogP contribution in [0.15, 0.2) is 23.3 Å². The van der Waals surface area contributed by atoms with Crippen molar-refractivity contribution in [3.8, 4) is 0 Å². The van der Waals surface area contributed by atoms with Gasteiger partial charge in [-0.15, -0.1) is 0 Å². The lowest BCUT2D eigenvalue weighted by atomic mass is 9.92. The minimum atomic E-state index is -0.729. The van der Waals surface area contributed by atoms with E-state index in [9.17, 15) is 9.59 Å². The maximum absolute atomic E-state index is 13.1. The van der Waals surface area contributed by atoms with Crippen molar-refractivity contribution in [2.75, 3.05) is 6.54 Å². The summed E-state index contributed by atoms with van der Waals surface area (Å²) in [5, 5.41) is 0. The Labute approximate surface area is 139 Å². The lowest BCUT2D eigenvalue weighted by molar-refractivity contribution is -0.141. The number of carbonyl (C=O) groups is 1. The van der Waals surface area contributed by atoms with E-state index in [0.717, 1.165) is 50.6 Å². The summed E-state index contributed by atoms with van der Waals surface area (Å²) in [4.78, 5) is 34.7. The van der Waals surface area contributed by atoms with Crippen LogP contribution in [0.4, 0.5) is 0 Å². The van der Waals surface area contributed by atoms with Crippen molar-refractivity contribution >= 4 is 11.7 Å². The molecule has 7 nitrogen and oxygen atoms in total. The van der Waals surface area contributed by atoms with Gasteiger partial charge in [0.15, 0.2) is 0 Å². The molecule has 1 saturated heterocycles. The zero-order valence-corrected chi connectivity index (χ0v) is 13.7. The summed E-state index contributed by atoms with van der Waals surface area (Å²) in [7, 11) is 0. The Morgan fingerprint density at radius 1 is 1.29 bits per heavy atom. The van der Waals surface area contributed by atoms with Crippen LogP contribution in [0.3, 0.4) is 0 Å². The van der Waals surface area contributed by atoms with Crippen molar-refractivity contribution in [3.05, 3.63) is 34.5 Å². The van der Waals surface area contributed by atoms with Crippen LogP contribution in [0.2, 0.25) is 0 Å². The molecule has 0 spiro atoms. The minimum Gasteiger partial charge on any atom is -0.333 e. The van der Waals surface area contributed by atoms with E-state index in [0.29, 0.717) is 12.3 Å². The average molecular weight is 329 g/mol. The predicted molar refractivity (Wildman–Crippen MR) is 89.5 cm³/mol. The van der Waals surface area contributed by atoms with E-state index in [1.807, 2.05) is 4.90 Å².